The third-order valence-corrected chi connectivity index (χ3v) is 6.43. The summed E-state index contributed by atoms with van der Waals surface area (Å²) >= 11 is 0. The molecule has 168 valence electrons. The van der Waals surface area contributed by atoms with Gasteiger partial charge in [-0.1, -0.05) is 45.0 Å². The molecular formula is C27H31FN2O2. The van der Waals surface area contributed by atoms with Crippen LogP contribution in [0.4, 0.5) is 4.39 Å². The standard InChI is InChI=1S/C27H31FN2O2/c1-6-27(3,4)17-32-24-9-7-8-21-15-30(26(31)25(21)24)14-20-11-10-19(12-23(20)28)22-16-29(5)13-18(22)2/h7-13,16H,6,14-15,17H2,1-5H3. The fraction of sp³-hybridized carbons (Fsp3) is 0.370. The number of fused-ring (bicyclic) bond motifs is 1. The highest BCUT2D eigenvalue weighted by molar-refractivity contribution is 6.01. The number of aryl methyl sites for hydroxylation is 2. The van der Waals surface area contributed by atoms with Crippen molar-refractivity contribution in [3.05, 3.63) is 76.9 Å². The molecule has 5 heteroatoms. The van der Waals surface area contributed by atoms with Crippen molar-refractivity contribution in [2.24, 2.45) is 12.5 Å². The van der Waals surface area contributed by atoms with Crippen LogP contribution >= 0.6 is 0 Å². The molecule has 2 heterocycles. The number of rotatable bonds is 7. The lowest BCUT2D eigenvalue weighted by Gasteiger charge is -2.23. The van der Waals surface area contributed by atoms with Crippen molar-refractivity contribution in [3.8, 4) is 16.9 Å². The maximum atomic E-state index is 15.0. The summed E-state index contributed by atoms with van der Waals surface area (Å²) in [4.78, 5) is 14.9. The van der Waals surface area contributed by atoms with E-state index in [-0.39, 0.29) is 23.7 Å². The first-order chi connectivity index (χ1) is 15.2. The lowest BCUT2D eigenvalue weighted by molar-refractivity contribution is 0.0759. The highest BCUT2D eigenvalue weighted by atomic mass is 19.1. The van der Waals surface area contributed by atoms with E-state index < -0.39 is 0 Å². The van der Waals surface area contributed by atoms with E-state index in [4.69, 9.17) is 4.74 Å². The van der Waals surface area contributed by atoms with Gasteiger partial charge in [-0.2, -0.15) is 0 Å². The molecule has 4 nitrogen and oxygen atoms in total. The number of carbonyl (C=O) groups is 1. The minimum atomic E-state index is -0.296. The second-order valence-corrected chi connectivity index (χ2v) is 9.58. The molecular weight excluding hydrogens is 403 g/mol. The smallest absolute Gasteiger partial charge is 0.258 e. The summed E-state index contributed by atoms with van der Waals surface area (Å²) in [5.41, 5.74) is 5.04. The molecule has 32 heavy (non-hydrogen) atoms. The molecule has 0 bridgehead atoms. The monoisotopic (exact) mass is 434 g/mol. The first kappa shape index (κ1) is 22.1. The van der Waals surface area contributed by atoms with Crippen LogP contribution in [-0.2, 0) is 20.1 Å². The van der Waals surface area contributed by atoms with Gasteiger partial charge in [0.2, 0.25) is 0 Å². The number of amides is 1. The topological polar surface area (TPSA) is 34.5 Å². The van der Waals surface area contributed by atoms with E-state index >= 15 is 0 Å². The summed E-state index contributed by atoms with van der Waals surface area (Å²) in [7, 11) is 1.96. The second kappa shape index (κ2) is 8.45. The van der Waals surface area contributed by atoms with Crippen LogP contribution in [0.3, 0.4) is 0 Å². The minimum Gasteiger partial charge on any atom is -0.492 e. The minimum absolute atomic E-state index is 0.0338. The maximum Gasteiger partial charge on any atom is 0.258 e. The maximum absolute atomic E-state index is 15.0. The predicted molar refractivity (Wildman–Crippen MR) is 125 cm³/mol. The Morgan fingerprint density at radius 2 is 1.94 bits per heavy atom. The van der Waals surface area contributed by atoms with Crippen LogP contribution in [0.1, 0.15) is 54.2 Å². The van der Waals surface area contributed by atoms with Gasteiger partial charge in [0.05, 0.1) is 12.2 Å². The van der Waals surface area contributed by atoms with Crippen LogP contribution in [0.2, 0.25) is 0 Å². The molecule has 1 aliphatic heterocycles. The van der Waals surface area contributed by atoms with E-state index in [0.717, 1.165) is 28.7 Å². The van der Waals surface area contributed by atoms with Crippen LogP contribution in [-0.4, -0.2) is 22.0 Å². The molecule has 0 spiro atoms. The van der Waals surface area contributed by atoms with Crippen LogP contribution in [0.5, 0.6) is 5.75 Å². The van der Waals surface area contributed by atoms with Crippen molar-refractivity contribution in [2.45, 2.75) is 47.2 Å². The number of hydrogen-bond acceptors (Lipinski definition) is 2. The zero-order valence-electron chi connectivity index (χ0n) is 19.5. The molecule has 0 saturated carbocycles. The van der Waals surface area contributed by atoms with Crippen LogP contribution in [0, 0.1) is 18.2 Å². The number of ether oxygens (including phenoxy) is 1. The van der Waals surface area contributed by atoms with Crippen molar-refractivity contribution >= 4 is 5.91 Å². The second-order valence-electron chi connectivity index (χ2n) is 9.58. The summed E-state index contributed by atoms with van der Waals surface area (Å²) in [6.07, 6.45) is 4.99. The molecule has 1 amide bonds. The summed E-state index contributed by atoms with van der Waals surface area (Å²) < 4.78 is 23.0. The summed E-state index contributed by atoms with van der Waals surface area (Å²) in [6, 6.07) is 11.0. The Morgan fingerprint density at radius 3 is 2.59 bits per heavy atom. The van der Waals surface area contributed by atoms with Crippen molar-refractivity contribution in [2.75, 3.05) is 6.61 Å². The third-order valence-electron chi connectivity index (χ3n) is 6.43. The first-order valence-electron chi connectivity index (χ1n) is 11.1. The van der Waals surface area contributed by atoms with Gasteiger partial charge in [0.15, 0.2) is 0 Å². The van der Waals surface area contributed by atoms with Gasteiger partial charge in [-0.25, -0.2) is 4.39 Å². The van der Waals surface area contributed by atoms with Crippen LogP contribution in [0.15, 0.2) is 48.8 Å². The quantitative estimate of drug-likeness (QED) is 0.450. The lowest BCUT2D eigenvalue weighted by atomic mass is 9.92. The summed E-state index contributed by atoms with van der Waals surface area (Å²) in [5, 5.41) is 0. The third kappa shape index (κ3) is 4.29. The Labute approximate surface area is 189 Å². The van der Waals surface area contributed by atoms with Gasteiger partial charge in [-0.15, -0.1) is 0 Å². The van der Waals surface area contributed by atoms with Crippen LogP contribution in [0.25, 0.3) is 11.1 Å². The molecule has 0 saturated heterocycles. The van der Waals surface area contributed by atoms with E-state index in [1.165, 1.54) is 0 Å². The van der Waals surface area contributed by atoms with Crippen molar-refractivity contribution in [1.29, 1.82) is 0 Å². The Balaban J connectivity index is 1.53. The van der Waals surface area contributed by atoms with Gasteiger partial charge in [0.1, 0.15) is 11.6 Å². The molecule has 4 rings (SSSR count). The molecule has 0 fully saturated rings. The van der Waals surface area contributed by atoms with Gasteiger partial charge < -0.3 is 14.2 Å². The Hall–Kier alpha value is -3.08. The average molecular weight is 435 g/mol. The Morgan fingerprint density at radius 1 is 1.16 bits per heavy atom. The number of hydrogen-bond donors (Lipinski definition) is 0. The highest BCUT2D eigenvalue weighted by Crippen LogP contribution is 2.34. The molecule has 1 aromatic heterocycles. The molecule has 3 aromatic rings. The summed E-state index contributed by atoms with van der Waals surface area (Å²) in [6.45, 7) is 9.67. The average Bonchev–Trinajstić information content (AvgIpc) is 3.26. The Bertz CT molecular complexity index is 1160. The molecule has 0 radical (unpaired) electrons. The molecule has 0 unspecified atom stereocenters. The van der Waals surface area contributed by atoms with Crippen molar-refractivity contribution < 1.29 is 13.9 Å². The molecule has 0 aliphatic carbocycles. The van der Waals surface area contributed by atoms with Gasteiger partial charge in [-0.05, 0) is 47.6 Å². The fourth-order valence-corrected chi connectivity index (χ4v) is 4.08. The van der Waals surface area contributed by atoms with Crippen molar-refractivity contribution in [3.63, 3.8) is 0 Å². The molecule has 1 aliphatic rings. The predicted octanol–water partition coefficient (Wildman–Crippen LogP) is 6.11. The SMILES string of the molecule is CCC(C)(C)COc1cccc2c1C(=O)N(Cc1ccc(-c3cn(C)cc3C)cc1F)C2. The number of benzene rings is 2. The van der Waals surface area contributed by atoms with E-state index in [9.17, 15) is 9.18 Å². The Kier molecular flexibility index (Phi) is 5.85. The molecule has 0 atom stereocenters. The summed E-state index contributed by atoms with van der Waals surface area (Å²) in [5.74, 6) is 0.217. The lowest BCUT2D eigenvalue weighted by Crippen LogP contribution is -2.25. The van der Waals surface area contributed by atoms with E-state index in [1.807, 2.05) is 55.2 Å². The van der Waals surface area contributed by atoms with Crippen molar-refractivity contribution in [1.82, 2.24) is 9.47 Å². The van der Waals surface area contributed by atoms with E-state index in [2.05, 4.69) is 20.8 Å². The highest BCUT2D eigenvalue weighted by Gasteiger charge is 2.31. The van der Waals surface area contributed by atoms with Gasteiger partial charge >= 0.3 is 0 Å². The van der Waals surface area contributed by atoms with Crippen LogP contribution < -0.4 is 4.74 Å². The molecule has 2 aromatic carbocycles. The molecule has 0 N–H and O–H groups in total. The van der Waals surface area contributed by atoms with Gasteiger partial charge in [0.25, 0.3) is 5.91 Å². The first-order valence-corrected chi connectivity index (χ1v) is 11.1. The fourth-order valence-electron chi connectivity index (χ4n) is 4.08. The van der Waals surface area contributed by atoms with E-state index in [1.54, 1.807) is 17.0 Å². The van der Waals surface area contributed by atoms with E-state index in [0.29, 0.717) is 30.0 Å². The van der Waals surface area contributed by atoms with Gasteiger partial charge in [-0.3, -0.25) is 4.79 Å². The number of halogens is 1. The normalized spacial score (nSPS) is 13.6. The zero-order chi connectivity index (χ0) is 23.0. The van der Waals surface area contributed by atoms with Gasteiger partial charge in [0, 0.05) is 43.7 Å². The number of aromatic nitrogens is 1. The number of carbonyl (C=O) groups excluding carboxylic acids is 1. The zero-order valence-corrected chi connectivity index (χ0v) is 19.5. The number of nitrogens with zero attached hydrogens (tertiary/aromatic N) is 2. The largest absolute Gasteiger partial charge is 0.492 e.